The van der Waals surface area contributed by atoms with Gasteiger partial charge in [-0.25, -0.2) is 0 Å². The molecule has 0 saturated carbocycles. The zero-order chi connectivity index (χ0) is 12.5. The Bertz CT molecular complexity index is 525. The summed E-state index contributed by atoms with van der Waals surface area (Å²) in [4.78, 5) is 0. The Balaban J connectivity index is 2.02. The normalized spacial score (nSPS) is 14.3. The summed E-state index contributed by atoms with van der Waals surface area (Å²) < 4.78 is 0. The molecule has 92 valence electrons. The summed E-state index contributed by atoms with van der Waals surface area (Å²) in [5.41, 5.74) is 8.90. The SMILES string of the molecule is Cc1ccc2cc1CCc1cc(ccc1C)CC2. The molecule has 0 spiro atoms. The predicted molar refractivity (Wildman–Crippen MR) is 77.2 cm³/mol. The van der Waals surface area contributed by atoms with Crippen LogP contribution in [0.4, 0.5) is 0 Å². The molecule has 4 bridgehead atoms. The molecule has 1 aliphatic carbocycles. The second-order valence-electron chi connectivity index (χ2n) is 5.52. The van der Waals surface area contributed by atoms with Crippen molar-refractivity contribution in [3.63, 3.8) is 0 Å². The van der Waals surface area contributed by atoms with E-state index in [9.17, 15) is 0 Å². The highest BCUT2D eigenvalue weighted by Gasteiger charge is 2.07. The Labute approximate surface area is 110 Å². The number of hydrogen-bond acceptors (Lipinski definition) is 0. The molecule has 0 atom stereocenters. The van der Waals surface area contributed by atoms with Crippen LogP contribution in [0, 0.1) is 13.8 Å². The van der Waals surface area contributed by atoms with Crippen LogP contribution in [0.1, 0.15) is 33.4 Å². The Kier molecular flexibility index (Phi) is 2.95. The molecule has 1 aliphatic rings. The van der Waals surface area contributed by atoms with Crippen molar-refractivity contribution in [2.45, 2.75) is 39.5 Å². The summed E-state index contributed by atoms with van der Waals surface area (Å²) in [6.45, 7) is 4.46. The minimum Gasteiger partial charge on any atom is -0.0588 e. The average molecular weight is 236 g/mol. The molecular formula is C18H20. The number of aryl methyl sites for hydroxylation is 6. The van der Waals surface area contributed by atoms with Gasteiger partial charge in [0.05, 0.1) is 0 Å². The van der Waals surface area contributed by atoms with Crippen LogP contribution in [0.5, 0.6) is 0 Å². The Morgan fingerprint density at radius 3 is 1.50 bits per heavy atom. The van der Waals surface area contributed by atoms with Gasteiger partial charge in [-0.2, -0.15) is 0 Å². The molecule has 0 saturated heterocycles. The molecule has 0 radical (unpaired) electrons. The van der Waals surface area contributed by atoms with Gasteiger partial charge < -0.3 is 0 Å². The minimum absolute atomic E-state index is 1.16. The molecule has 0 aliphatic heterocycles. The van der Waals surface area contributed by atoms with E-state index in [-0.39, 0.29) is 0 Å². The van der Waals surface area contributed by atoms with Gasteiger partial charge in [0.25, 0.3) is 0 Å². The molecule has 0 unspecified atom stereocenters. The molecule has 0 N–H and O–H groups in total. The van der Waals surface area contributed by atoms with Gasteiger partial charge in [0, 0.05) is 0 Å². The van der Waals surface area contributed by atoms with Gasteiger partial charge in [-0.05, 0) is 72.9 Å². The highest BCUT2D eigenvalue weighted by atomic mass is 14.1. The Morgan fingerprint density at radius 1 is 0.611 bits per heavy atom. The van der Waals surface area contributed by atoms with Crippen LogP contribution in [-0.4, -0.2) is 0 Å². The first kappa shape index (κ1) is 11.5. The van der Waals surface area contributed by atoms with Crippen LogP contribution < -0.4 is 0 Å². The molecule has 3 rings (SSSR count). The highest BCUT2D eigenvalue weighted by molar-refractivity contribution is 5.37. The minimum atomic E-state index is 1.16. The number of rotatable bonds is 0. The molecule has 0 nitrogen and oxygen atoms in total. The summed E-state index contributed by atoms with van der Waals surface area (Å²) in [5.74, 6) is 0. The molecule has 0 amide bonds. The van der Waals surface area contributed by atoms with Gasteiger partial charge in [0.15, 0.2) is 0 Å². The first-order valence-electron chi connectivity index (χ1n) is 6.89. The molecule has 0 aromatic heterocycles. The van der Waals surface area contributed by atoms with Gasteiger partial charge in [-0.1, -0.05) is 36.4 Å². The molecule has 2 aromatic carbocycles. The third-order valence-electron chi connectivity index (χ3n) is 4.19. The molecule has 2 aromatic rings. The van der Waals surface area contributed by atoms with Crippen molar-refractivity contribution in [1.82, 2.24) is 0 Å². The van der Waals surface area contributed by atoms with Crippen LogP contribution in [0.3, 0.4) is 0 Å². The van der Waals surface area contributed by atoms with E-state index >= 15 is 0 Å². The molecule has 0 heteroatoms. The van der Waals surface area contributed by atoms with Gasteiger partial charge >= 0.3 is 0 Å². The first-order chi connectivity index (χ1) is 8.72. The summed E-state index contributed by atoms with van der Waals surface area (Å²) >= 11 is 0. The van der Waals surface area contributed by atoms with Crippen LogP contribution in [0.25, 0.3) is 0 Å². The van der Waals surface area contributed by atoms with E-state index in [0.717, 1.165) is 12.8 Å². The Hall–Kier alpha value is -1.56. The lowest BCUT2D eigenvalue weighted by molar-refractivity contribution is 0.891. The fourth-order valence-corrected chi connectivity index (χ4v) is 2.86. The van der Waals surface area contributed by atoms with E-state index in [1.807, 2.05) is 0 Å². The molecule has 0 fully saturated rings. The maximum atomic E-state index is 2.41. The molecule has 0 heterocycles. The Morgan fingerprint density at radius 2 is 1.06 bits per heavy atom. The van der Waals surface area contributed by atoms with Crippen LogP contribution >= 0.6 is 0 Å². The van der Waals surface area contributed by atoms with E-state index in [1.165, 1.54) is 46.2 Å². The van der Waals surface area contributed by atoms with Gasteiger partial charge in [0.2, 0.25) is 0 Å². The van der Waals surface area contributed by atoms with Crippen molar-refractivity contribution >= 4 is 0 Å². The van der Waals surface area contributed by atoms with E-state index in [0.29, 0.717) is 0 Å². The fraction of sp³-hybridized carbons (Fsp3) is 0.333. The van der Waals surface area contributed by atoms with Crippen LogP contribution in [0.15, 0.2) is 36.4 Å². The van der Waals surface area contributed by atoms with Crippen LogP contribution in [-0.2, 0) is 25.7 Å². The van der Waals surface area contributed by atoms with Gasteiger partial charge in [-0.15, -0.1) is 0 Å². The number of fused-ring (bicyclic) bond motifs is 4. The lowest BCUT2D eigenvalue weighted by Crippen LogP contribution is -2.02. The van der Waals surface area contributed by atoms with E-state index < -0.39 is 0 Å². The fourth-order valence-electron chi connectivity index (χ4n) is 2.86. The highest BCUT2D eigenvalue weighted by Crippen LogP contribution is 2.21. The van der Waals surface area contributed by atoms with Gasteiger partial charge in [0.1, 0.15) is 0 Å². The second-order valence-corrected chi connectivity index (χ2v) is 5.52. The summed E-state index contributed by atoms with van der Waals surface area (Å²) in [5, 5.41) is 0. The topological polar surface area (TPSA) is 0 Å². The predicted octanol–water partition coefficient (Wildman–Crippen LogP) is 4.19. The van der Waals surface area contributed by atoms with Crippen molar-refractivity contribution in [2.75, 3.05) is 0 Å². The summed E-state index contributed by atoms with van der Waals surface area (Å²) in [7, 11) is 0. The zero-order valence-corrected chi connectivity index (χ0v) is 11.3. The van der Waals surface area contributed by atoms with Crippen molar-refractivity contribution < 1.29 is 0 Å². The van der Waals surface area contributed by atoms with E-state index in [1.54, 1.807) is 0 Å². The lowest BCUT2D eigenvalue weighted by atomic mass is 9.91. The second kappa shape index (κ2) is 4.61. The van der Waals surface area contributed by atoms with Crippen LogP contribution in [0.2, 0.25) is 0 Å². The maximum absolute atomic E-state index is 2.41. The maximum Gasteiger partial charge on any atom is -0.0235 e. The number of hydrogen-bond donors (Lipinski definition) is 0. The van der Waals surface area contributed by atoms with Crippen molar-refractivity contribution in [3.8, 4) is 0 Å². The largest absolute Gasteiger partial charge is 0.0588 e. The molecular weight excluding hydrogens is 216 g/mol. The van der Waals surface area contributed by atoms with Gasteiger partial charge in [-0.3, -0.25) is 0 Å². The van der Waals surface area contributed by atoms with E-state index in [4.69, 9.17) is 0 Å². The van der Waals surface area contributed by atoms with Crippen molar-refractivity contribution in [1.29, 1.82) is 0 Å². The third-order valence-corrected chi connectivity index (χ3v) is 4.19. The first-order valence-corrected chi connectivity index (χ1v) is 6.89. The number of benzene rings is 2. The average Bonchev–Trinajstić information content (AvgIpc) is 2.38. The smallest absolute Gasteiger partial charge is 0.0235 e. The monoisotopic (exact) mass is 236 g/mol. The van der Waals surface area contributed by atoms with Crippen molar-refractivity contribution in [3.05, 3.63) is 69.8 Å². The van der Waals surface area contributed by atoms with Crippen molar-refractivity contribution in [2.24, 2.45) is 0 Å². The summed E-state index contributed by atoms with van der Waals surface area (Å²) in [6.07, 6.45) is 4.67. The standard InChI is InChI=1S/C18H20/c1-13-3-5-15-7-8-16-6-4-14(2)18(12-16)10-9-17(13)11-15/h3-6,11-12H,7-10H2,1-2H3. The third kappa shape index (κ3) is 2.20. The zero-order valence-electron chi connectivity index (χ0n) is 11.3. The summed E-state index contributed by atoms with van der Waals surface area (Å²) in [6, 6.07) is 14.0. The quantitative estimate of drug-likeness (QED) is 0.643. The van der Waals surface area contributed by atoms with E-state index in [2.05, 4.69) is 50.2 Å². The molecule has 18 heavy (non-hydrogen) atoms. The lowest BCUT2D eigenvalue weighted by Gasteiger charge is -2.14.